The molecule has 1 saturated heterocycles. The highest BCUT2D eigenvalue weighted by Crippen LogP contribution is 2.36. The lowest BCUT2D eigenvalue weighted by molar-refractivity contribution is -0.137. The molecular formula is C23H32F3N5O2S. The number of aromatic nitrogens is 2. The fourth-order valence-electron chi connectivity index (χ4n) is 3.42. The predicted molar refractivity (Wildman–Crippen MR) is 131 cm³/mol. The Morgan fingerprint density at radius 3 is 2.12 bits per heavy atom. The van der Waals surface area contributed by atoms with E-state index in [2.05, 4.69) is 46.5 Å². The highest BCUT2D eigenvalue weighted by molar-refractivity contribution is 7.92. The van der Waals surface area contributed by atoms with Gasteiger partial charge in [0.05, 0.1) is 23.2 Å². The number of piperidine rings is 1. The molecule has 11 heteroatoms. The molecule has 0 atom stereocenters. The Morgan fingerprint density at radius 1 is 1.09 bits per heavy atom. The molecule has 1 aliphatic heterocycles. The fraction of sp³-hybridized carbons (Fsp3) is 0.478. The number of nitrogens with one attached hydrogen (secondary N) is 1. The molecule has 1 aromatic carbocycles. The van der Waals surface area contributed by atoms with Crippen LogP contribution in [0.5, 0.6) is 0 Å². The van der Waals surface area contributed by atoms with Gasteiger partial charge in [-0.25, -0.2) is 8.42 Å². The van der Waals surface area contributed by atoms with Crippen LogP contribution in [-0.4, -0.2) is 48.9 Å². The van der Waals surface area contributed by atoms with Gasteiger partial charge < -0.3 is 10.6 Å². The van der Waals surface area contributed by atoms with Crippen LogP contribution >= 0.6 is 0 Å². The van der Waals surface area contributed by atoms with Crippen LogP contribution in [-0.2, 0) is 16.2 Å². The van der Waals surface area contributed by atoms with Gasteiger partial charge in [-0.05, 0) is 70.5 Å². The van der Waals surface area contributed by atoms with E-state index in [1.807, 2.05) is 0 Å². The van der Waals surface area contributed by atoms with Crippen molar-refractivity contribution < 1.29 is 21.6 Å². The van der Waals surface area contributed by atoms with Gasteiger partial charge in [0.15, 0.2) is 0 Å². The van der Waals surface area contributed by atoms with E-state index in [0.717, 1.165) is 24.4 Å². The van der Waals surface area contributed by atoms with Crippen molar-refractivity contribution in [3.63, 3.8) is 0 Å². The Balaban J connectivity index is 0.000000437. The standard InChI is InChI=1S/C13H13F3N4O2S.C8H17N.C2H2/c1-7-5-11(17)18-19-12(7)9-4-3-8(13(14,15)16)6-10(9)20-23(2,21)22;1-8(2)9-6-4-3-5-7-9;1-2/h3-6,20H,1-2H3,(H2,17,18);8H,3-7H2,1-2H3;1-2H. The third kappa shape index (κ3) is 9.19. The van der Waals surface area contributed by atoms with Crippen molar-refractivity contribution in [1.82, 2.24) is 15.1 Å². The molecule has 34 heavy (non-hydrogen) atoms. The first-order chi connectivity index (χ1) is 15.8. The Bertz CT molecular complexity index is 1060. The van der Waals surface area contributed by atoms with Crippen LogP contribution in [0.2, 0.25) is 0 Å². The number of nitrogens with zero attached hydrogens (tertiary/aromatic N) is 3. The molecule has 2 aromatic rings. The molecule has 7 nitrogen and oxygen atoms in total. The minimum Gasteiger partial charge on any atom is -0.382 e. The largest absolute Gasteiger partial charge is 0.416 e. The normalized spacial score (nSPS) is 14.4. The highest BCUT2D eigenvalue weighted by atomic mass is 32.2. The SMILES string of the molecule is C#C.CC(C)N1CCCCC1.Cc1cc(N)nnc1-c1ccc(C(F)(F)F)cc1NS(C)(=O)=O. The van der Waals surface area contributed by atoms with E-state index >= 15 is 0 Å². The van der Waals surface area contributed by atoms with Gasteiger partial charge in [-0.15, -0.1) is 23.0 Å². The minimum absolute atomic E-state index is 0.149. The van der Waals surface area contributed by atoms with E-state index in [0.29, 0.717) is 11.6 Å². The molecule has 0 bridgehead atoms. The molecule has 3 rings (SSSR count). The molecule has 1 aliphatic rings. The Labute approximate surface area is 200 Å². The van der Waals surface area contributed by atoms with Gasteiger partial charge in [-0.3, -0.25) is 4.72 Å². The van der Waals surface area contributed by atoms with E-state index < -0.39 is 21.8 Å². The van der Waals surface area contributed by atoms with Crippen LogP contribution in [0.25, 0.3) is 11.3 Å². The zero-order valence-electron chi connectivity index (χ0n) is 19.9. The van der Waals surface area contributed by atoms with Crippen LogP contribution in [0.1, 0.15) is 44.2 Å². The van der Waals surface area contributed by atoms with E-state index in [4.69, 9.17) is 5.73 Å². The first kappa shape index (κ1) is 29.2. The monoisotopic (exact) mass is 499 g/mol. The van der Waals surface area contributed by atoms with Crippen molar-refractivity contribution in [2.45, 2.75) is 52.3 Å². The number of terminal acetylenes is 1. The number of alkyl halides is 3. The number of hydrogen-bond acceptors (Lipinski definition) is 6. The maximum absolute atomic E-state index is 12.8. The molecule has 0 unspecified atom stereocenters. The van der Waals surface area contributed by atoms with Gasteiger partial charge in [0.2, 0.25) is 10.0 Å². The third-order valence-electron chi connectivity index (χ3n) is 5.02. The molecule has 3 N–H and O–H groups in total. The topological polar surface area (TPSA) is 101 Å². The summed E-state index contributed by atoms with van der Waals surface area (Å²) in [6.07, 6.45) is 8.52. The van der Waals surface area contributed by atoms with Gasteiger partial charge >= 0.3 is 6.18 Å². The second-order valence-electron chi connectivity index (χ2n) is 8.12. The number of sulfonamides is 1. The molecule has 1 fully saturated rings. The average molecular weight is 500 g/mol. The van der Waals surface area contributed by atoms with E-state index in [1.54, 1.807) is 6.92 Å². The lowest BCUT2D eigenvalue weighted by Gasteiger charge is -2.29. The second-order valence-corrected chi connectivity index (χ2v) is 9.87. The first-order valence-corrected chi connectivity index (χ1v) is 12.5. The first-order valence-electron chi connectivity index (χ1n) is 10.6. The molecule has 2 heterocycles. The molecular weight excluding hydrogens is 467 g/mol. The summed E-state index contributed by atoms with van der Waals surface area (Å²) < 4.78 is 63.5. The number of rotatable bonds is 4. The number of aryl methyl sites for hydroxylation is 1. The van der Waals surface area contributed by atoms with Gasteiger partial charge in [-0.2, -0.15) is 13.2 Å². The van der Waals surface area contributed by atoms with Crippen molar-refractivity contribution in [3.05, 3.63) is 35.4 Å². The Kier molecular flexibility index (Phi) is 10.8. The van der Waals surface area contributed by atoms with Crippen molar-refractivity contribution in [1.29, 1.82) is 0 Å². The minimum atomic E-state index is -4.60. The average Bonchev–Trinajstić information content (AvgIpc) is 2.75. The summed E-state index contributed by atoms with van der Waals surface area (Å²) in [4.78, 5) is 2.56. The molecule has 0 spiro atoms. The summed E-state index contributed by atoms with van der Waals surface area (Å²) in [6.45, 7) is 8.87. The quantitative estimate of drug-likeness (QED) is 0.599. The number of likely N-dealkylation sites (tertiary alicyclic amines) is 1. The van der Waals surface area contributed by atoms with Crippen LogP contribution in [0, 0.1) is 19.8 Å². The second kappa shape index (κ2) is 12.6. The predicted octanol–water partition coefficient (Wildman–Crippen LogP) is 4.55. The molecule has 1 aromatic heterocycles. The van der Waals surface area contributed by atoms with E-state index in [-0.39, 0.29) is 22.8 Å². The lowest BCUT2D eigenvalue weighted by atomic mass is 10.0. The van der Waals surface area contributed by atoms with E-state index in [1.165, 1.54) is 38.4 Å². The van der Waals surface area contributed by atoms with Crippen LogP contribution in [0.15, 0.2) is 24.3 Å². The smallest absolute Gasteiger partial charge is 0.382 e. The summed E-state index contributed by atoms with van der Waals surface area (Å²) >= 11 is 0. The third-order valence-corrected chi connectivity index (χ3v) is 5.61. The molecule has 0 radical (unpaired) electrons. The lowest BCUT2D eigenvalue weighted by Crippen LogP contribution is -2.35. The molecule has 0 amide bonds. The van der Waals surface area contributed by atoms with Gasteiger partial charge in [-0.1, -0.05) is 12.5 Å². The highest BCUT2D eigenvalue weighted by Gasteiger charge is 2.31. The van der Waals surface area contributed by atoms with Crippen LogP contribution < -0.4 is 10.5 Å². The maximum Gasteiger partial charge on any atom is 0.416 e. The van der Waals surface area contributed by atoms with Crippen molar-refractivity contribution in [2.75, 3.05) is 29.8 Å². The number of anilines is 2. The molecule has 0 saturated carbocycles. The van der Waals surface area contributed by atoms with Crippen molar-refractivity contribution >= 4 is 21.5 Å². The van der Waals surface area contributed by atoms with Crippen molar-refractivity contribution in [3.8, 4) is 24.1 Å². The summed E-state index contributed by atoms with van der Waals surface area (Å²) in [5.41, 5.74) is 5.24. The summed E-state index contributed by atoms with van der Waals surface area (Å²) in [5, 5.41) is 7.49. The van der Waals surface area contributed by atoms with Crippen molar-refractivity contribution in [2.24, 2.45) is 0 Å². The summed E-state index contributed by atoms with van der Waals surface area (Å²) in [6, 6.07) is 4.97. The molecule has 0 aliphatic carbocycles. The van der Waals surface area contributed by atoms with Gasteiger partial charge in [0.1, 0.15) is 5.82 Å². The van der Waals surface area contributed by atoms with Crippen LogP contribution in [0.4, 0.5) is 24.7 Å². The zero-order valence-corrected chi connectivity index (χ0v) is 20.7. The number of hydrogen-bond donors (Lipinski definition) is 2. The Hall–Kier alpha value is -2.84. The van der Waals surface area contributed by atoms with Crippen LogP contribution in [0.3, 0.4) is 0 Å². The number of benzene rings is 1. The number of halogens is 3. The maximum atomic E-state index is 12.8. The Morgan fingerprint density at radius 2 is 1.68 bits per heavy atom. The molecule has 188 valence electrons. The summed E-state index contributed by atoms with van der Waals surface area (Å²) in [5.74, 6) is 0.149. The fourth-order valence-corrected chi connectivity index (χ4v) is 3.99. The summed E-state index contributed by atoms with van der Waals surface area (Å²) in [7, 11) is -3.78. The van der Waals surface area contributed by atoms with Gasteiger partial charge in [0.25, 0.3) is 0 Å². The van der Waals surface area contributed by atoms with Gasteiger partial charge in [0, 0.05) is 11.6 Å². The number of nitrogens with two attached hydrogens (primary N) is 1. The zero-order chi connectivity index (χ0) is 26.1. The number of nitrogen functional groups attached to an aromatic ring is 1. The van der Waals surface area contributed by atoms with E-state index in [9.17, 15) is 21.6 Å².